The topological polar surface area (TPSA) is 55.8 Å². The van der Waals surface area contributed by atoms with Crippen LogP contribution in [0.3, 0.4) is 0 Å². The normalized spacial score (nSPS) is 13.6. The van der Waals surface area contributed by atoms with Crippen molar-refractivity contribution in [3.8, 4) is 5.75 Å². The van der Waals surface area contributed by atoms with Crippen molar-refractivity contribution in [1.29, 1.82) is 0 Å². The van der Waals surface area contributed by atoms with Crippen LogP contribution in [0.15, 0.2) is 18.2 Å². The van der Waals surface area contributed by atoms with Gasteiger partial charge in [-0.3, -0.25) is 0 Å². The number of carbonyl (C=O) groups excluding carboxylic acids is 1. The Balaban J connectivity index is 3.27. The standard InChI is InChI=1S/C18H28O4/c1-17(2,3)11-18(4,5)12-8-9-14(21-6)13(10-12)15(19)16(20)22-7/h8-10,15,19H,11H2,1-7H3. The van der Waals surface area contributed by atoms with Gasteiger partial charge in [-0.25, -0.2) is 4.79 Å². The van der Waals surface area contributed by atoms with Crippen molar-refractivity contribution >= 4 is 5.97 Å². The van der Waals surface area contributed by atoms with E-state index in [4.69, 9.17) is 4.74 Å². The van der Waals surface area contributed by atoms with E-state index in [9.17, 15) is 9.90 Å². The van der Waals surface area contributed by atoms with Crippen LogP contribution in [0.25, 0.3) is 0 Å². The summed E-state index contributed by atoms with van der Waals surface area (Å²) < 4.78 is 9.89. The molecule has 0 radical (unpaired) electrons. The van der Waals surface area contributed by atoms with Gasteiger partial charge in [0.25, 0.3) is 0 Å². The highest BCUT2D eigenvalue weighted by atomic mass is 16.5. The number of methoxy groups -OCH3 is 2. The Morgan fingerprint density at radius 1 is 1.18 bits per heavy atom. The minimum atomic E-state index is -1.34. The maximum atomic E-state index is 11.6. The summed E-state index contributed by atoms with van der Waals surface area (Å²) in [5.74, 6) is -0.211. The largest absolute Gasteiger partial charge is 0.496 e. The van der Waals surface area contributed by atoms with E-state index < -0.39 is 12.1 Å². The van der Waals surface area contributed by atoms with Crippen LogP contribution in [-0.4, -0.2) is 25.3 Å². The number of ether oxygens (including phenoxy) is 2. The number of aliphatic hydroxyl groups excluding tert-OH is 1. The quantitative estimate of drug-likeness (QED) is 0.844. The first-order valence-corrected chi connectivity index (χ1v) is 7.46. The van der Waals surface area contributed by atoms with E-state index in [0.29, 0.717) is 11.3 Å². The SMILES string of the molecule is COC(=O)C(O)c1cc(C(C)(C)CC(C)(C)C)ccc1OC. The number of hydrogen-bond donors (Lipinski definition) is 1. The lowest BCUT2D eigenvalue weighted by molar-refractivity contribution is -0.150. The molecule has 124 valence electrons. The molecule has 1 aromatic rings. The van der Waals surface area contributed by atoms with Crippen LogP contribution in [0.1, 0.15) is 58.3 Å². The molecule has 1 N–H and O–H groups in total. The van der Waals surface area contributed by atoms with E-state index in [1.807, 2.05) is 12.1 Å². The van der Waals surface area contributed by atoms with Gasteiger partial charge in [-0.15, -0.1) is 0 Å². The second-order valence-corrected chi connectivity index (χ2v) is 7.50. The fourth-order valence-corrected chi connectivity index (χ4v) is 3.04. The first kappa shape index (κ1) is 18.5. The minimum Gasteiger partial charge on any atom is -0.496 e. The van der Waals surface area contributed by atoms with E-state index in [0.717, 1.165) is 12.0 Å². The second-order valence-electron chi connectivity index (χ2n) is 7.50. The van der Waals surface area contributed by atoms with Crippen molar-refractivity contribution in [1.82, 2.24) is 0 Å². The molecule has 1 aromatic carbocycles. The third-order valence-electron chi connectivity index (χ3n) is 3.70. The summed E-state index contributed by atoms with van der Waals surface area (Å²) in [6.07, 6.45) is -0.370. The second kappa shape index (κ2) is 6.69. The van der Waals surface area contributed by atoms with Crippen LogP contribution in [0.5, 0.6) is 5.75 Å². The van der Waals surface area contributed by atoms with E-state index in [2.05, 4.69) is 39.4 Å². The van der Waals surface area contributed by atoms with E-state index in [1.54, 1.807) is 6.07 Å². The molecule has 0 aliphatic rings. The van der Waals surface area contributed by atoms with Gasteiger partial charge in [0.15, 0.2) is 6.10 Å². The molecule has 0 aliphatic heterocycles. The molecular formula is C18H28O4. The molecule has 1 rings (SSSR count). The lowest BCUT2D eigenvalue weighted by Gasteiger charge is -2.33. The van der Waals surface area contributed by atoms with Gasteiger partial charge in [-0.1, -0.05) is 40.7 Å². The number of carbonyl (C=O) groups is 1. The number of aliphatic hydroxyl groups is 1. The lowest BCUT2D eigenvalue weighted by Crippen LogP contribution is -2.25. The third-order valence-corrected chi connectivity index (χ3v) is 3.70. The van der Waals surface area contributed by atoms with Crippen LogP contribution in [0.4, 0.5) is 0 Å². The Bertz CT molecular complexity index is 526. The Hall–Kier alpha value is -1.55. The van der Waals surface area contributed by atoms with Crippen molar-refractivity contribution in [3.05, 3.63) is 29.3 Å². The molecule has 0 aliphatic carbocycles. The van der Waals surface area contributed by atoms with Gasteiger partial charge in [0.1, 0.15) is 5.75 Å². The minimum absolute atomic E-state index is 0.0882. The zero-order valence-electron chi connectivity index (χ0n) is 14.7. The zero-order valence-corrected chi connectivity index (χ0v) is 14.7. The maximum Gasteiger partial charge on any atom is 0.339 e. The highest BCUT2D eigenvalue weighted by Crippen LogP contribution is 2.38. The van der Waals surface area contributed by atoms with Gasteiger partial charge in [0.05, 0.1) is 14.2 Å². The summed E-state index contributed by atoms with van der Waals surface area (Å²) in [5.41, 5.74) is 1.58. The van der Waals surface area contributed by atoms with Crippen molar-refractivity contribution in [2.24, 2.45) is 5.41 Å². The molecule has 1 atom stereocenters. The summed E-state index contributed by atoms with van der Waals surface area (Å²) in [6, 6.07) is 5.62. The number of esters is 1. The highest BCUT2D eigenvalue weighted by molar-refractivity contribution is 5.77. The van der Waals surface area contributed by atoms with Crippen molar-refractivity contribution in [2.75, 3.05) is 14.2 Å². The van der Waals surface area contributed by atoms with E-state index in [-0.39, 0.29) is 10.8 Å². The molecule has 0 spiro atoms. The highest BCUT2D eigenvalue weighted by Gasteiger charge is 2.30. The van der Waals surface area contributed by atoms with E-state index >= 15 is 0 Å². The molecule has 0 fully saturated rings. The third kappa shape index (κ3) is 4.47. The predicted molar refractivity (Wildman–Crippen MR) is 87.1 cm³/mol. The smallest absolute Gasteiger partial charge is 0.339 e. The maximum absolute atomic E-state index is 11.6. The fourth-order valence-electron chi connectivity index (χ4n) is 3.04. The molecule has 4 heteroatoms. The van der Waals surface area contributed by atoms with Crippen LogP contribution in [0.2, 0.25) is 0 Å². The molecule has 0 saturated heterocycles. The van der Waals surface area contributed by atoms with Gasteiger partial charge < -0.3 is 14.6 Å². The Kier molecular flexibility index (Phi) is 5.63. The van der Waals surface area contributed by atoms with Crippen LogP contribution < -0.4 is 4.74 Å². The summed E-state index contributed by atoms with van der Waals surface area (Å²) >= 11 is 0. The van der Waals surface area contributed by atoms with E-state index in [1.165, 1.54) is 14.2 Å². The Morgan fingerprint density at radius 2 is 1.77 bits per heavy atom. The Labute approximate surface area is 133 Å². The molecular weight excluding hydrogens is 280 g/mol. The fraction of sp³-hybridized carbons (Fsp3) is 0.611. The summed E-state index contributed by atoms with van der Waals surface area (Å²) in [4.78, 5) is 11.6. The van der Waals surface area contributed by atoms with Crippen molar-refractivity contribution in [2.45, 2.75) is 52.6 Å². The zero-order chi connectivity index (χ0) is 17.1. The summed E-state index contributed by atoms with van der Waals surface area (Å²) in [6.45, 7) is 10.9. The molecule has 0 aromatic heterocycles. The number of hydrogen-bond acceptors (Lipinski definition) is 4. The number of rotatable bonds is 5. The van der Waals surface area contributed by atoms with Crippen molar-refractivity contribution < 1.29 is 19.4 Å². The van der Waals surface area contributed by atoms with Gasteiger partial charge in [-0.2, -0.15) is 0 Å². The average Bonchev–Trinajstić information content (AvgIpc) is 2.42. The molecule has 0 amide bonds. The molecule has 4 nitrogen and oxygen atoms in total. The molecule has 0 saturated carbocycles. The Morgan fingerprint density at radius 3 is 2.23 bits per heavy atom. The van der Waals surface area contributed by atoms with Gasteiger partial charge >= 0.3 is 5.97 Å². The molecule has 22 heavy (non-hydrogen) atoms. The molecule has 1 unspecified atom stereocenters. The molecule has 0 heterocycles. The van der Waals surface area contributed by atoms with Gasteiger partial charge in [0.2, 0.25) is 0 Å². The van der Waals surface area contributed by atoms with Crippen LogP contribution in [-0.2, 0) is 14.9 Å². The first-order chi connectivity index (χ1) is 10.0. The van der Waals surface area contributed by atoms with Crippen LogP contribution >= 0.6 is 0 Å². The lowest BCUT2D eigenvalue weighted by atomic mass is 9.72. The number of benzene rings is 1. The average molecular weight is 308 g/mol. The summed E-state index contributed by atoms with van der Waals surface area (Å²) in [7, 11) is 2.77. The monoisotopic (exact) mass is 308 g/mol. The predicted octanol–water partition coefficient (Wildman–Crippen LogP) is 3.62. The van der Waals surface area contributed by atoms with Crippen molar-refractivity contribution in [3.63, 3.8) is 0 Å². The van der Waals surface area contributed by atoms with Gasteiger partial charge in [0, 0.05) is 5.56 Å². The van der Waals surface area contributed by atoms with Gasteiger partial charge in [-0.05, 0) is 34.9 Å². The molecule has 0 bridgehead atoms. The first-order valence-electron chi connectivity index (χ1n) is 7.46. The summed E-state index contributed by atoms with van der Waals surface area (Å²) in [5, 5.41) is 10.2. The van der Waals surface area contributed by atoms with Crippen LogP contribution in [0, 0.1) is 5.41 Å².